The van der Waals surface area contributed by atoms with Crippen LogP contribution < -0.4 is 9.46 Å². The van der Waals surface area contributed by atoms with Crippen molar-refractivity contribution in [1.82, 2.24) is 19.5 Å². The van der Waals surface area contributed by atoms with E-state index in [9.17, 15) is 13.5 Å². The fourth-order valence-electron chi connectivity index (χ4n) is 3.21. The molecule has 2 aromatic heterocycles. The lowest BCUT2D eigenvalue weighted by Gasteiger charge is -2.38. The van der Waals surface area contributed by atoms with Crippen molar-refractivity contribution in [2.45, 2.75) is 49.9 Å². The Morgan fingerprint density at radius 3 is 2.85 bits per heavy atom. The standard InChI is InChI=1S/C17H24N4O4S/c1-3-6-21-16(4-5-19-21)26(23,24)20-17(12-7-14(22)8-12)13-9-15(25-2)11-18-10-13/h4-5,9-12,14,17,20,22H,3,6-8H2,1-2H3/t12?,14?,17-/m0/s1. The Hall–Kier alpha value is -1.97. The lowest BCUT2D eigenvalue weighted by molar-refractivity contribution is 0.0279. The molecule has 1 aliphatic carbocycles. The van der Waals surface area contributed by atoms with E-state index in [2.05, 4.69) is 14.8 Å². The number of rotatable bonds is 8. The van der Waals surface area contributed by atoms with Gasteiger partial charge in [0.1, 0.15) is 5.75 Å². The summed E-state index contributed by atoms with van der Waals surface area (Å²) in [6.07, 6.45) is 6.15. The van der Waals surface area contributed by atoms with Gasteiger partial charge in [-0.3, -0.25) is 9.67 Å². The van der Waals surface area contributed by atoms with Gasteiger partial charge in [0.25, 0.3) is 10.0 Å². The smallest absolute Gasteiger partial charge is 0.258 e. The maximum Gasteiger partial charge on any atom is 0.258 e. The minimum Gasteiger partial charge on any atom is -0.495 e. The van der Waals surface area contributed by atoms with Crippen LogP contribution in [0.15, 0.2) is 35.7 Å². The highest BCUT2D eigenvalue weighted by atomic mass is 32.2. The summed E-state index contributed by atoms with van der Waals surface area (Å²) in [6.45, 7) is 2.49. The molecule has 0 bridgehead atoms. The van der Waals surface area contributed by atoms with Gasteiger partial charge >= 0.3 is 0 Å². The summed E-state index contributed by atoms with van der Waals surface area (Å²) in [5.74, 6) is 0.554. The Morgan fingerprint density at radius 1 is 1.42 bits per heavy atom. The molecular formula is C17H24N4O4S. The van der Waals surface area contributed by atoms with Crippen molar-refractivity contribution in [3.8, 4) is 5.75 Å². The van der Waals surface area contributed by atoms with E-state index in [0.717, 1.165) is 6.42 Å². The van der Waals surface area contributed by atoms with E-state index in [1.54, 1.807) is 18.5 Å². The van der Waals surface area contributed by atoms with E-state index < -0.39 is 22.2 Å². The second-order valence-electron chi connectivity index (χ2n) is 6.53. The molecule has 8 nitrogen and oxygen atoms in total. The molecule has 0 radical (unpaired) electrons. The van der Waals surface area contributed by atoms with Crippen molar-refractivity contribution in [3.63, 3.8) is 0 Å². The quantitative estimate of drug-likeness (QED) is 0.719. The molecular weight excluding hydrogens is 356 g/mol. The molecule has 3 rings (SSSR count). The van der Waals surface area contributed by atoms with Crippen LogP contribution in [0.4, 0.5) is 0 Å². The van der Waals surface area contributed by atoms with Crippen LogP contribution in [0.5, 0.6) is 5.75 Å². The number of nitrogens with one attached hydrogen (secondary N) is 1. The second kappa shape index (κ2) is 7.73. The third-order valence-electron chi connectivity index (χ3n) is 4.62. The summed E-state index contributed by atoms with van der Waals surface area (Å²) < 4.78 is 35.4. The normalized spacial score (nSPS) is 21.2. The zero-order chi connectivity index (χ0) is 18.7. The predicted octanol–water partition coefficient (Wildman–Crippen LogP) is 1.49. The lowest BCUT2D eigenvalue weighted by atomic mass is 9.76. The summed E-state index contributed by atoms with van der Waals surface area (Å²) in [4.78, 5) is 4.14. The number of aliphatic hydroxyl groups excluding tert-OH is 1. The molecule has 2 N–H and O–H groups in total. The molecule has 1 aliphatic rings. The molecule has 2 heterocycles. The molecule has 9 heteroatoms. The van der Waals surface area contributed by atoms with Crippen LogP contribution in [0, 0.1) is 5.92 Å². The highest BCUT2D eigenvalue weighted by Crippen LogP contribution is 2.39. The van der Waals surface area contributed by atoms with Crippen molar-refractivity contribution in [2.75, 3.05) is 7.11 Å². The van der Waals surface area contributed by atoms with Gasteiger partial charge in [0.15, 0.2) is 5.03 Å². The fourth-order valence-corrected chi connectivity index (χ4v) is 4.65. The number of ether oxygens (including phenoxy) is 1. The number of pyridine rings is 1. The number of aryl methyl sites for hydroxylation is 1. The summed E-state index contributed by atoms with van der Waals surface area (Å²) >= 11 is 0. The van der Waals surface area contributed by atoms with Crippen LogP contribution in [0.3, 0.4) is 0 Å². The SMILES string of the molecule is CCCn1nccc1S(=O)(=O)N[C@H](c1cncc(OC)c1)C1CC(O)C1. The van der Waals surface area contributed by atoms with E-state index in [1.165, 1.54) is 24.1 Å². The Bertz CT molecular complexity index is 846. The van der Waals surface area contributed by atoms with Crippen LogP contribution in [0.1, 0.15) is 37.8 Å². The number of sulfonamides is 1. The minimum atomic E-state index is -3.78. The molecule has 1 fully saturated rings. The van der Waals surface area contributed by atoms with E-state index in [4.69, 9.17) is 4.74 Å². The topological polar surface area (TPSA) is 106 Å². The first-order valence-electron chi connectivity index (χ1n) is 8.65. The first kappa shape index (κ1) is 18.8. The van der Waals surface area contributed by atoms with Crippen molar-refractivity contribution in [3.05, 3.63) is 36.3 Å². The number of methoxy groups -OCH3 is 1. The molecule has 0 aromatic carbocycles. The Morgan fingerprint density at radius 2 is 2.19 bits per heavy atom. The van der Waals surface area contributed by atoms with Crippen LogP contribution >= 0.6 is 0 Å². The van der Waals surface area contributed by atoms with Crippen LogP contribution in [-0.2, 0) is 16.6 Å². The van der Waals surface area contributed by atoms with Crippen LogP contribution in [0.25, 0.3) is 0 Å². The van der Waals surface area contributed by atoms with E-state index >= 15 is 0 Å². The molecule has 0 aliphatic heterocycles. The van der Waals surface area contributed by atoms with Gasteiger partial charge in [-0.25, -0.2) is 13.1 Å². The van der Waals surface area contributed by atoms with E-state index in [-0.39, 0.29) is 10.9 Å². The first-order chi connectivity index (χ1) is 12.4. The van der Waals surface area contributed by atoms with Gasteiger partial charge < -0.3 is 9.84 Å². The van der Waals surface area contributed by atoms with E-state index in [0.29, 0.717) is 30.7 Å². The zero-order valence-corrected chi connectivity index (χ0v) is 15.7. The van der Waals surface area contributed by atoms with Crippen LogP contribution in [-0.4, -0.2) is 41.5 Å². The van der Waals surface area contributed by atoms with Gasteiger partial charge in [0.2, 0.25) is 0 Å². The average molecular weight is 380 g/mol. The summed E-state index contributed by atoms with van der Waals surface area (Å²) in [5.41, 5.74) is 0.714. The number of aromatic nitrogens is 3. The molecule has 26 heavy (non-hydrogen) atoms. The Labute approximate surface area is 153 Å². The summed E-state index contributed by atoms with van der Waals surface area (Å²) in [5, 5.41) is 13.9. The monoisotopic (exact) mass is 380 g/mol. The Kier molecular flexibility index (Phi) is 5.59. The molecule has 2 aromatic rings. The molecule has 0 saturated heterocycles. The molecule has 1 atom stereocenters. The first-order valence-corrected chi connectivity index (χ1v) is 10.1. The van der Waals surface area contributed by atoms with Crippen molar-refractivity contribution < 1.29 is 18.3 Å². The molecule has 0 unspecified atom stereocenters. The highest BCUT2D eigenvalue weighted by Gasteiger charge is 2.38. The van der Waals surface area contributed by atoms with Gasteiger partial charge in [-0.2, -0.15) is 5.10 Å². The van der Waals surface area contributed by atoms with Gasteiger partial charge in [0, 0.05) is 12.7 Å². The van der Waals surface area contributed by atoms with Crippen molar-refractivity contribution in [2.24, 2.45) is 5.92 Å². The lowest BCUT2D eigenvalue weighted by Crippen LogP contribution is -2.41. The van der Waals surface area contributed by atoms with Crippen molar-refractivity contribution in [1.29, 1.82) is 0 Å². The average Bonchev–Trinajstić information content (AvgIpc) is 3.07. The molecule has 0 spiro atoms. The fraction of sp³-hybridized carbons (Fsp3) is 0.529. The largest absolute Gasteiger partial charge is 0.495 e. The van der Waals surface area contributed by atoms with Gasteiger partial charge in [-0.05, 0) is 42.9 Å². The maximum atomic E-state index is 13.0. The molecule has 142 valence electrons. The third kappa shape index (κ3) is 3.89. The Balaban J connectivity index is 1.91. The highest BCUT2D eigenvalue weighted by molar-refractivity contribution is 7.89. The summed E-state index contributed by atoms with van der Waals surface area (Å²) in [6, 6.07) is 2.78. The van der Waals surface area contributed by atoms with Gasteiger partial charge in [-0.15, -0.1) is 0 Å². The number of aliphatic hydroxyl groups is 1. The zero-order valence-electron chi connectivity index (χ0n) is 14.9. The van der Waals surface area contributed by atoms with Crippen molar-refractivity contribution >= 4 is 10.0 Å². The summed E-state index contributed by atoms with van der Waals surface area (Å²) in [7, 11) is -2.24. The number of hydrogen-bond donors (Lipinski definition) is 2. The second-order valence-corrected chi connectivity index (χ2v) is 8.20. The number of hydrogen-bond acceptors (Lipinski definition) is 6. The maximum absolute atomic E-state index is 13.0. The van der Waals surface area contributed by atoms with Crippen LogP contribution in [0.2, 0.25) is 0 Å². The molecule has 1 saturated carbocycles. The third-order valence-corrected chi connectivity index (χ3v) is 6.08. The predicted molar refractivity (Wildman–Crippen MR) is 95.1 cm³/mol. The van der Waals surface area contributed by atoms with Gasteiger partial charge in [-0.1, -0.05) is 6.92 Å². The van der Waals surface area contributed by atoms with E-state index in [1.807, 2.05) is 6.92 Å². The molecule has 0 amide bonds. The minimum absolute atomic E-state index is 0.00349. The number of nitrogens with zero attached hydrogens (tertiary/aromatic N) is 3. The van der Waals surface area contributed by atoms with Gasteiger partial charge in [0.05, 0.1) is 31.6 Å².